The molecule has 0 heterocycles. The van der Waals surface area contributed by atoms with E-state index in [1.165, 1.54) is 57.8 Å². The largest absolute Gasteiger partial charge is 0.383 e. The number of carbonyl (C=O) groups is 1. The molecule has 0 spiro atoms. The standard InChI is InChI=1S/C22H32N2O4S/c1-15(22-12-16-9-17(13-22)11-18(10-16)14-22)24-21(25)19-3-5-20(6-4-19)29(26,27)23-7-8-28-2/h3-6,15-18,23H,7-14H2,1-2H3,(H,24,25). The number of carbonyl (C=O) groups excluding carboxylic acids is 1. The topological polar surface area (TPSA) is 84.5 Å². The summed E-state index contributed by atoms with van der Waals surface area (Å²) in [6.45, 7) is 2.68. The molecule has 1 aromatic rings. The first-order valence-corrected chi connectivity index (χ1v) is 12.2. The van der Waals surface area contributed by atoms with E-state index < -0.39 is 10.0 Å². The van der Waals surface area contributed by atoms with Crippen molar-refractivity contribution in [2.45, 2.75) is 56.4 Å². The zero-order chi connectivity index (χ0) is 20.6. The molecule has 0 aliphatic heterocycles. The summed E-state index contributed by atoms with van der Waals surface area (Å²) in [6, 6.07) is 6.29. The molecule has 160 valence electrons. The molecule has 5 rings (SSSR count). The SMILES string of the molecule is COCCNS(=O)(=O)c1ccc(C(=O)NC(C)C23CC4CC(CC(C4)C2)C3)cc1. The van der Waals surface area contributed by atoms with Crippen molar-refractivity contribution in [2.24, 2.45) is 23.2 Å². The van der Waals surface area contributed by atoms with E-state index in [1.807, 2.05) is 0 Å². The fourth-order valence-corrected chi connectivity index (χ4v) is 7.30. The maximum absolute atomic E-state index is 12.8. The summed E-state index contributed by atoms with van der Waals surface area (Å²) in [5.74, 6) is 2.41. The van der Waals surface area contributed by atoms with Gasteiger partial charge in [-0.05, 0) is 92.9 Å². The Hall–Kier alpha value is -1.44. The Bertz CT molecular complexity index is 815. The second kappa shape index (κ2) is 8.00. The van der Waals surface area contributed by atoms with Gasteiger partial charge in [0, 0.05) is 25.3 Å². The summed E-state index contributed by atoms with van der Waals surface area (Å²) in [4.78, 5) is 13.0. The van der Waals surface area contributed by atoms with Crippen LogP contribution in [0.15, 0.2) is 29.2 Å². The zero-order valence-electron chi connectivity index (χ0n) is 17.3. The van der Waals surface area contributed by atoms with Crippen molar-refractivity contribution in [1.82, 2.24) is 10.0 Å². The molecule has 0 saturated heterocycles. The van der Waals surface area contributed by atoms with Gasteiger partial charge in [-0.15, -0.1) is 0 Å². The highest BCUT2D eigenvalue weighted by atomic mass is 32.2. The summed E-state index contributed by atoms with van der Waals surface area (Å²) < 4.78 is 31.9. The number of rotatable bonds is 8. The van der Waals surface area contributed by atoms with Crippen LogP contribution in [0.2, 0.25) is 0 Å². The Kier molecular flexibility index (Phi) is 5.75. The highest BCUT2D eigenvalue weighted by Gasteiger charge is 2.53. The Morgan fingerprint density at radius 1 is 1.10 bits per heavy atom. The molecular weight excluding hydrogens is 388 g/mol. The van der Waals surface area contributed by atoms with Crippen molar-refractivity contribution in [2.75, 3.05) is 20.3 Å². The molecular formula is C22H32N2O4S. The van der Waals surface area contributed by atoms with E-state index in [4.69, 9.17) is 4.74 Å². The minimum absolute atomic E-state index is 0.121. The molecule has 29 heavy (non-hydrogen) atoms. The van der Waals surface area contributed by atoms with Gasteiger partial charge in [0.1, 0.15) is 0 Å². The highest BCUT2D eigenvalue weighted by Crippen LogP contribution is 2.61. The third-order valence-corrected chi connectivity index (χ3v) is 8.85. The predicted molar refractivity (Wildman–Crippen MR) is 111 cm³/mol. The van der Waals surface area contributed by atoms with Gasteiger partial charge in [0.25, 0.3) is 5.91 Å². The lowest BCUT2D eigenvalue weighted by atomic mass is 9.48. The first kappa shape index (κ1) is 20.8. The third-order valence-electron chi connectivity index (χ3n) is 7.38. The molecule has 4 aliphatic carbocycles. The maximum Gasteiger partial charge on any atom is 0.251 e. The van der Waals surface area contributed by atoms with Crippen LogP contribution >= 0.6 is 0 Å². The van der Waals surface area contributed by atoms with Crippen molar-refractivity contribution in [3.63, 3.8) is 0 Å². The average Bonchev–Trinajstić information content (AvgIpc) is 2.67. The fourth-order valence-electron chi connectivity index (χ4n) is 6.29. The van der Waals surface area contributed by atoms with Crippen molar-refractivity contribution >= 4 is 15.9 Å². The molecule has 2 N–H and O–H groups in total. The van der Waals surface area contributed by atoms with Crippen LogP contribution in [0.3, 0.4) is 0 Å². The normalized spacial score (nSPS) is 31.6. The number of hydrogen-bond donors (Lipinski definition) is 2. The third kappa shape index (κ3) is 4.23. The number of amides is 1. The van der Waals surface area contributed by atoms with Crippen LogP contribution < -0.4 is 10.0 Å². The van der Waals surface area contributed by atoms with Crippen LogP contribution in [0, 0.1) is 23.2 Å². The van der Waals surface area contributed by atoms with Crippen LogP contribution in [0.25, 0.3) is 0 Å². The number of benzene rings is 1. The Morgan fingerprint density at radius 2 is 1.66 bits per heavy atom. The Labute approximate surface area is 173 Å². The molecule has 4 aliphatic rings. The van der Waals surface area contributed by atoms with Crippen molar-refractivity contribution in [3.8, 4) is 0 Å². The first-order valence-electron chi connectivity index (χ1n) is 10.7. The molecule has 1 unspecified atom stereocenters. The highest BCUT2D eigenvalue weighted by molar-refractivity contribution is 7.89. The molecule has 4 fully saturated rings. The summed E-state index contributed by atoms with van der Waals surface area (Å²) in [5, 5.41) is 3.23. The van der Waals surface area contributed by atoms with Gasteiger partial charge in [-0.3, -0.25) is 4.79 Å². The van der Waals surface area contributed by atoms with E-state index in [0.29, 0.717) is 12.2 Å². The van der Waals surface area contributed by atoms with Gasteiger partial charge in [0.15, 0.2) is 0 Å². The van der Waals surface area contributed by atoms with Crippen LogP contribution in [0.4, 0.5) is 0 Å². The number of hydrogen-bond acceptors (Lipinski definition) is 4. The van der Waals surface area contributed by atoms with Crippen LogP contribution in [0.5, 0.6) is 0 Å². The van der Waals surface area contributed by atoms with E-state index in [2.05, 4.69) is 17.0 Å². The van der Waals surface area contributed by atoms with E-state index >= 15 is 0 Å². The molecule has 0 radical (unpaired) electrons. The van der Waals surface area contributed by atoms with E-state index in [-0.39, 0.29) is 28.8 Å². The summed E-state index contributed by atoms with van der Waals surface area (Å²) in [7, 11) is -2.07. The molecule has 4 bridgehead atoms. The summed E-state index contributed by atoms with van der Waals surface area (Å²) in [5.41, 5.74) is 0.747. The molecule has 0 aromatic heterocycles. The average molecular weight is 421 g/mol. The molecule has 1 amide bonds. The lowest BCUT2D eigenvalue weighted by molar-refractivity contribution is -0.0688. The Balaban J connectivity index is 1.40. The second-order valence-corrected chi connectivity index (χ2v) is 11.2. The minimum Gasteiger partial charge on any atom is -0.383 e. The van der Waals surface area contributed by atoms with E-state index in [1.54, 1.807) is 12.1 Å². The van der Waals surface area contributed by atoms with Gasteiger partial charge in [-0.2, -0.15) is 0 Å². The first-order chi connectivity index (χ1) is 13.8. The number of sulfonamides is 1. The quantitative estimate of drug-likeness (QED) is 0.633. The molecule has 1 atom stereocenters. The van der Waals surface area contributed by atoms with E-state index in [0.717, 1.165) is 17.8 Å². The second-order valence-electron chi connectivity index (χ2n) is 9.39. The van der Waals surface area contributed by atoms with Gasteiger partial charge in [0.05, 0.1) is 11.5 Å². The lowest BCUT2D eigenvalue weighted by Crippen LogP contribution is -2.55. The number of nitrogens with one attached hydrogen (secondary N) is 2. The molecule has 1 aromatic carbocycles. The van der Waals surface area contributed by atoms with Crippen molar-refractivity contribution in [3.05, 3.63) is 29.8 Å². The number of methoxy groups -OCH3 is 1. The van der Waals surface area contributed by atoms with Gasteiger partial charge < -0.3 is 10.1 Å². The smallest absolute Gasteiger partial charge is 0.251 e. The lowest BCUT2D eigenvalue weighted by Gasteiger charge is -2.59. The molecule has 7 heteroatoms. The van der Waals surface area contributed by atoms with Crippen LogP contribution in [-0.4, -0.2) is 40.6 Å². The number of ether oxygens (including phenoxy) is 1. The molecule has 4 saturated carbocycles. The van der Waals surface area contributed by atoms with Crippen LogP contribution in [-0.2, 0) is 14.8 Å². The van der Waals surface area contributed by atoms with Gasteiger partial charge >= 0.3 is 0 Å². The van der Waals surface area contributed by atoms with Gasteiger partial charge in [-0.25, -0.2) is 13.1 Å². The van der Waals surface area contributed by atoms with Crippen molar-refractivity contribution in [1.29, 1.82) is 0 Å². The molecule has 6 nitrogen and oxygen atoms in total. The van der Waals surface area contributed by atoms with Crippen molar-refractivity contribution < 1.29 is 17.9 Å². The van der Waals surface area contributed by atoms with Crippen LogP contribution in [0.1, 0.15) is 55.8 Å². The maximum atomic E-state index is 12.8. The van der Waals surface area contributed by atoms with E-state index in [9.17, 15) is 13.2 Å². The minimum atomic E-state index is -3.59. The Morgan fingerprint density at radius 3 is 2.17 bits per heavy atom. The van der Waals surface area contributed by atoms with Gasteiger partial charge in [-0.1, -0.05) is 0 Å². The monoisotopic (exact) mass is 420 g/mol. The zero-order valence-corrected chi connectivity index (χ0v) is 18.1. The fraction of sp³-hybridized carbons (Fsp3) is 0.682. The predicted octanol–water partition coefficient (Wildman–Crippen LogP) is 2.95. The summed E-state index contributed by atoms with van der Waals surface area (Å²) >= 11 is 0. The van der Waals surface area contributed by atoms with Gasteiger partial charge in [0.2, 0.25) is 10.0 Å². The summed E-state index contributed by atoms with van der Waals surface area (Å²) in [6.07, 6.45) is 7.87.